The van der Waals surface area contributed by atoms with Crippen LogP contribution < -0.4 is 4.74 Å². The van der Waals surface area contributed by atoms with Crippen LogP contribution in [0.5, 0.6) is 5.75 Å². The summed E-state index contributed by atoms with van der Waals surface area (Å²) in [6.07, 6.45) is 0. The van der Waals surface area contributed by atoms with Gasteiger partial charge in [-0.1, -0.05) is 0 Å². The quantitative estimate of drug-likeness (QED) is 0.751. The molecule has 4 nitrogen and oxygen atoms in total. The van der Waals surface area contributed by atoms with E-state index in [-0.39, 0.29) is 5.75 Å². The lowest BCUT2D eigenvalue weighted by molar-refractivity contribution is 0.387. The van der Waals surface area contributed by atoms with Crippen LogP contribution in [0.15, 0.2) is 17.5 Å². The maximum Gasteiger partial charge on any atom is 0.178 e. The van der Waals surface area contributed by atoms with E-state index in [1.807, 2.05) is 16.9 Å². The Morgan fingerprint density at radius 1 is 1.50 bits per heavy atom. The lowest BCUT2D eigenvalue weighted by Crippen LogP contribution is -2.00. The molecule has 0 aliphatic rings. The number of H-pyrrole nitrogens is 1. The molecule has 3 aromatic rings. The molecule has 2 heterocycles. The zero-order chi connectivity index (χ0) is 14.3. The van der Waals surface area contributed by atoms with Crippen LogP contribution in [-0.4, -0.2) is 21.6 Å². The Morgan fingerprint density at radius 2 is 2.30 bits per heavy atom. The first kappa shape index (κ1) is 13.3. The van der Waals surface area contributed by atoms with Crippen LogP contribution in [0.2, 0.25) is 0 Å². The monoisotopic (exact) mass is 309 g/mol. The van der Waals surface area contributed by atoms with Gasteiger partial charge >= 0.3 is 0 Å². The lowest BCUT2D eigenvalue weighted by atomic mass is 10.3. The summed E-state index contributed by atoms with van der Waals surface area (Å²) in [5.41, 5.74) is 2.45. The minimum absolute atomic E-state index is 0.204. The zero-order valence-corrected chi connectivity index (χ0v) is 12.6. The zero-order valence-electron chi connectivity index (χ0n) is 10.9. The Hall–Kier alpha value is -1.73. The third-order valence-electron chi connectivity index (χ3n) is 3.01. The average Bonchev–Trinajstić information content (AvgIpc) is 2.94. The number of imidazole rings is 1. The highest BCUT2D eigenvalue weighted by Gasteiger charge is 2.12. The number of hydrogen-bond donors (Lipinski definition) is 1. The second-order valence-electron chi connectivity index (χ2n) is 4.40. The van der Waals surface area contributed by atoms with E-state index in [0.717, 1.165) is 16.2 Å². The number of aryl methyl sites for hydroxylation is 1. The summed E-state index contributed by atoms with van der Waals surface area (Å²) in [4.78, 5) is 7.43. The molecule has 0 atom stereocenters. The van der Waals surface area contributed by atoms with Gasteiger partial charge in [-0.25, -0.2) is 9.37 Å². The molecule has 0 radical (unpaired) electrons. The number of nitrogens with one attached hydrogen (secondary N) is 1. The number of ether oxygens (including phenoxy) is 1. The average molecular weight is 309 g/mol. The maximum atomic E-state index is 13.7. The van der Waals surface area contributed by atoms with Crippen LogP contribution in [0.4, 0.5) is 4.39 Å². The first-order chi connectivity index (χ1) is 9.58. The van der Waals surface area contributed by atoms with Gasteiger partial charge in [0.25, 0.3) is 0 Å². The first-order valence-electron chi connectivity index (χ1n) is 5.95. The van der Waals surface area contributed by atoms with E-state index in [2.05, 4.69) is 9.97 Å². The minimum atomic E-state index is -0.409. The molecule has 1 aromatic carbocycles. The van der Waals surface area contributed by atoms with E-state index < -0.39 is 5.82 Å². The largest absolute Gasteiger partial charge is 0.494 e. The summed E-state index contributed by atoms with van der Waals surface area (Å²) in [5.74, 6) is -0.205. The number of halogens is 1. The number of rotatable bonds is 3. The summed E-state index contributed by atoms with van der Waals surface area (Å²) in [7, 11) is 1.44. The molecule has 0 saturated carbocycles. The van der Waals surface area contributed by atoms with Crippen LogP contribution in [0.3, 0.4) is 0 Å². The summed E-state index contributed by atoms with van der Waals surface area (Å²) in [6, 6.07) is 3.05. The van der Waals surface area contributed by atoms with Crippen molar-refractivity contribution >= 4 is 34.6 Å². The van der Waals surface area contributed by atoms with Gasteiger partial charge in [0.1, 0.15) is 5.01 Å². The molecule has 0 unspecified atom stereocenters. The Balaban J connectivity index is 2.14. The number of fused-ring (bicyclic) bond motifs is 1. The molecule has 3 rings (SSSR count). The second kappa shape index (κ2) is 4.99. The molecule has 1 N–H and O–H groups in total. The van der Waals surface area contributed by atoms with Gasteiger partial charge in [0.15, 0.2) is 16.3 Å². The number of nitrogens with zero attached hydrogens (tertiary/aromatic N) is 2. The van der Waals surface area contributed by atoms with Crippen molar-refractivity contribution in [3.8, 4) is 5.75 Å². The third-order valence-corrected chi connectivity index (χ3v) is 4.28. The van der Waals surface area contributed by atoms with Gasteiger partial charge in [0.05, 0.1) is 24.7 Å². The van der Waals surface area contributed by atoms with Gasteiger partial charge < -0.3 is 14.3 Å². The third kappa shape index (κ3) is 2.23. The highest BCUT2D eigenvalue weighted by molar-refractivity contribution is 7.71. The number of aromatic nitrogens is 3. The Labute approximate surface area is 123 Å². The number of benzene rings is 1. The van der Waals surface area contributed by atoms with Crippen molar-refractivity contribution in [2.75, 3.05) is 7.11 Å². The topological polar surface area (TPSA) is 42.8 Å². The van der Waals surface area contributed by atoms with E-state index >= 15 is 0 Å². The summed E-state index contributed by atoms with van der Waals surface area (Å²) in [6.45, 7) is 2.51. The van der Waals surface area contributed by atoms with Crippen molar-refractivity contribution in [1.29, 1.82) is 0 Å². The molecule has 0 spiro atoms. The standard InChI is InChI=1S/C13H12FN3OS2/c1-7-6-20-12(15-7)5-17-10-4-11(18-2)8(14)3-9(10)16-13(17)19/h3-4,6H,5H2,1-2H3,(H,16,19). The van der Waals surface area contributed by atoms with Crippen molar-refractivity contribution in [2.45, 2.75) is 13.5 Å². The van der Waals surface area contributed by atoms with E-state index in [1.54, 1.807) is 17.4 Å². The minimum Gasteiger partial charge on any atom is -0.494 e. The molecule has 0 aliphatic carbocycles. The van der Waals surface area contributed by atoms with Gasteiger partial charge in [0.2, 0.25) is 0 Å². The second-order valence-corrected chi connectivity index (χ2v) is 5.73. The molecule has 20 heavy (non-hydrogen) atoms. The van der Waals surface area contributed by atoms with E-state index in [0.29, 0.717) is 16.8 Å². The molecule has 0 bridgehead atoms. The van der Waals surface area contributed by atoms with E-state index in [1.165, 1.54) is 13.2 Å². The number of thiazole rings is 1. The van der Waals surface area contributed by atoms with Crippen LogP contribution >= 0.6 is 23.6 Å². The van der Waals surface area contributed by atoms with Crippen LogP contribution in [0, 0.1) is 17.5 Å². The lowest BCUT2D eigenvalue weighted by Gasteiger charge is -2.05. The molecule has 0 saturated heterocycles. The van der Waals surface area contributed by atoms with Crippen LogP contribution in [-0.2, 0) is 6.54 Å². The molecule has 0 aliphatic heterocycles. The number of aromatic amines is 1. The fourth-order valence-corrected chi connectivity index (χ4v) is 3.11. The van der Waals surface area contributed by atoms with Gasteiger partial charge in [-0.15, -0.1) is 11.3 Å². The Bertz CT molecular complexity index is 834. The van der Waals surface area contributed by atoms with Gasteiger partial charge in [-0.2, -0.15) is 0 Å². The van der Waals surface area contributed by atoms with Crippen molar-refractivity contribution < 1.29 is 9.13 Å². The fraction of sp³-hybridized carbons (Fsp3) is 0.231. The van der Waals surface area contributed by atoms with E-state index in [9.17, 15) is 4.39 Å². The Morgan fingerprint density at radius 3 is 2.95 bits per heavy atom. The molecule has 0 fully saturated rings. The number of hydrogen-bond acceptors (Lipinski definition) is 4. The summed E-state index contributed by atoms with van der Waals surface area (Å²) in [5, 5.41) is 2.96. The molecule has 2 aromatic heterocycles. The fourth-order valence-electron chi connectivity index (χ4n) is 2.08. The SMILES string of the molecule is COc1cc2c(cc1F)[nH]c(=S)n2Cc1nc(C)cs1. The normalized spacial score (nSPS) is 11.2. The molecular weight excluding hydrogens is 297 g/mol. The smallest absolute Gasteiger partial charge is 0.178 e. The Kier molecular flexibility index (Phi) is 3.31. The van der Waals surface area contributed by atoms with Crippen molar-refractivity contribution in [2.24, 2.45) is 0 Å². The molecule has 7 heteroatoms. The van der Waals surface area contributed by atoms with Crippen LogP contribution in [0.25, 0.3) is 11.0 Å². The first-order valence-corrected chi connectivity index (χ1v) is 7.24. The highest BCUT2D eigenvalue weighted by atomic mass is 32.1. The summed E-state index contributed by atoms with van der Waals surface area (Å²) >= 11 is 6.88. The van der Waals surface area contributed by atoms with E-state index in [4.69, 9.17) is 17.0 Å². The van der Waals surface area contributed by atoms with Gasteiger partial charge in [-0.05, 0) is 19.1 Å². The predicted octanol–water partition coefficient (Wildman–Crippen LogP) is 3.66. The van der Waals surface area contributed by atoms with Gasteiger partial charge in [0, 0.05) is 23.2 Å². The predicted molar refractivity (Wildman–Crippen MR) is 79.6 cm³/mol. The van der Waals surface area contributed by atoms with Crippen molar-refractivity contribution in [1.82, 2.24) is 14.5 Å². The molecule has 0 amide bonds. The van der Waals surface area contributed by atoms with Crippen LogP contribution in [0.1, 0.15) is 10.7 Å². The molecular formula is C13H12FN3OS2. The van der Waals surface area contributed by atoms with Crippen molar-refractivity contribution in [3.63, 3.8) is 0 Å². The van der Waals surface area contributed by atoms with Gasteiger partial charge in [-0.3, -0.25) is 0 Å². The molecule has 104 valence electrons. The highest BCUT2D eigenvalue weighted by Crippen LogP contribution is 2.25. The summed E-state index contributed by atoms with van der Waals surface area (Å²) < 4.78 is 21.2. The van der Waals surface area contributed by atoms with Crippen molar-refractivity contribution in [3.05, 3.63) is 38.8 Å². The number of methoxy groups -OCH3 is 1. The maximum absolute atomic E-state index is 13.7.